The third kappa shape index (κ3) is 4.33. The van der Waals surface area contributed by atoms with Crippen molar-refractivity contribution >= 4 is 128 Å². The molecule has 14 rings (SSSR count). The zero-order valence-corrected chi connectivity index (χ0v) is 33.6. The Hall–Kier alpha value is -7.38. The minimum atomic E-state index is 0.704. The van der Waals surface area contributed by atoms with Gasteiger partial charge in [0.25, 0.3) is 0 Å². The SMILES string of the molecule is c1ccc(-n2c3cc(-c4nc(-n5c6ccccc6c6c7ccccc7c7sc8ccccc8c7c65)c5sc6ccccc6c5n4)ccc3c3c4ccccc4ccc32)cc1. The summed E-state index contributed by atoms with van der Waals surface area (Å²) in [5.41, 5.74) is 7.70. The van der Waals surface area contributed by atoms with Crippen molar-refractivity contribution in [2.75, 3.05) is 0 Å². The topological polar surface area (TPSA) is 35.6 Å². The third-order valence-electron chi connectivity index (χ3n) is 12.5. The first kappa shape index (κ1) is 32.6. The molecule has 0 spiro atoms. The molecule has 0 bridgehead atoms. The molecule has 14 aromatic rings. The lowest BCUT2D eigenvalue weighted by molar-refractivity contribution is 1.08. The second kappa shape index (κ2) is 12.1. The predicted octanol–water partition coefficient (Wildman–Crippen LogP) is 15.4. The van der Waals surface area contributed by atoms with Gasteiger partial charge in [-0.2, -0.15) is 0 Å². The van der Waals surface area contributed by atoms with Crippen molar-refractivity contribution in [2.45, 2.75) is 0 Å². The first-order valence-electron chi connectivity index (χ1n) is 20.2. The van der Waals surface area contributed by atoms with Crippen molar-refractivity contribution in [1.29, 1.82) is 0 Å². The van der Waals surface area contributed by atoms with Crippen molar-refractivity contribution in [3.8, 4) is 22.9 Å². The van der Waals surface area contributed by atoms with Crippen LogP contribution in [-0.2, 0) is 0 Å². The number of thiophene rings is 2. The third-order valence-corrected chi connectivity index (χ3v) is 14.9. The molecule has 9 aromatic carbocycles. The van der Waals surface area contributed by atoms with Gasteiger partial charge >= 0.3 is 0 Å². The van der Waals surface area contributed by atoms with Crippen LogP contribution >= 0.6 is 22.7 Å². The van der Waals surface area contributed by atoms with E-state index < -0.39 is 0 Å². The highest BCUT2D eigenvalue weighted by atomic mass is 32.1. The van der Waals surface area contributed by atoms with Crippen LogP contribution in [0.1, 0.15) is 0 Å². The van der Waals surface area contributed by atoms with Gasteiger partial charge in [-0.1, -0.05) is 140 Å². The molecule has 60 heavy (non-hydrogen) atoms. The Morgan fingerprint density at radius 1 is 0.383 bits per heavy atom. The van der Waals surface area contributed by atoms with Crippen molar-refractivity contribution in [3.63, 3.8) is 0 Å². The summed E-state index contributed by atoms with van der Waals surface area (Å²) in [4.78, 5) is 11.2. The lowest BCUT2D eigenvalue weighted by Gasteiger charge is -2.13. The Bertz CT molecular complexity index is 4130. The molecule has 6 heteroatoms. The molecule has 0 N–H and O–H groups in total. The van der Waals surface area contributed by atoms with Gasteiger partial charge in [0.15, 0.2) is 11.6 Å². The number of hydrogen-bond donors (Lipinski definition) is 0. The van der Waals surface area contributed by atoms with E-state index >= 15 is 0 Å². The number of para-hydroxylation sites is 2. The predicted molar refractivity (Wildman–Crippen MR) is 257 cm³/mol. The monoisotopic (exact) mass is 798 g/mol. The van der Waals surface area contributed by atoms with E-state index in [0.717, 1.165) is 43.7 Å². The van der Waals surface area contributed by atoms with Gasteiger partial charge in [-0.3, -0.25) is 4.57 Å². The highest BCUT2D eigenvalue weighted by Crippen LogP contribution is 2.49. The quantitative estimate of drug-likeness (QED) is 0.178. The molecule has 0 fully saturated rings. The van der Waals surface area contributed by atoms with Gasteiger partial charge in [0.1, 0.15) is 0 Å². The van der Waals surface area contributed by atoms with Gasteiger partial charge < -0.3 is 4.57 Å². The van der Waals surface area contributed by atoms with E-state index in [4.69, 9.17) is 9.97 Å². The van der Waals surface area contributed by atoms with Crippen LogP contribution in [0, 0.1) is 0 Å². The molecule has 0 saturated heterocycles. The molecule has 0 unspecified atom stereocenters. The zero-order valence-electron chi connectivity index (χ0n) is 31.9. The normalized spacial score (nSPS) is 12.3. The molecule has 0 aliphatic rings. The Morgan fingerprint density at radius 3 is 1.88 bits per heavy atom. The summed E-state index contributed by atoms with van der Waals surface area (Å²) in [6, 6.07) is 66.1. The van der Waals surface area contributed by atoms with Crippen molar-refractivity contribution in [3.05, 3.63) is 182 Å². The van der Waals surface area contributed by atoms with E-state index in [9.17, 15) is 0 Å². The maximum absolute atomic E-state index is 5.73. The van der Waals surface area contributed by atoms with Crippen LogP contribution < -0.4 is 0 Å². The molecule has 278 valence electrons. The number of aromatic nitrogens is 4. The van der Waals surface area contributed by atoms with Crippen LogP contribution in [0.4, 0.5) is 0 Å². The first-order chi connectivity index (χ1) is 29.8. The van der Waals surface area contributed by atoms with Gasteiger partial charge in [0, 0.05) is 68.4 Å². The fourth-order valence-electron chi connectivity index (χ4n) is 9.98. The summed E-state index contributed by atoms with van der Waals surface area (Å²) < 4.78 is 9.73. The Morgan fingerprint density at radius 2 is 1.03 bits per heavy atom. The smallest absolute Gasteiger partial charge is 0.162 e. The number of nitrogens with zero attached hydrogens (tertiary/aromatic N) is 4. The molecule has 0 aliphatic carbocycles. The number of benzene rings is 9. The molecule has 0 radical (unpaired) electrons. The molecular weight excluding hydrogens is 769 g/mol. The molecule has 0 saturated carbocycles. The van der Waals surface area contributed by atoms with Crippen LogP contribution in [0.5, 0.6) is 0 Å². The highest BCUT2D eigenvalue weighted by Gasteiger charge is 2.26. The highest BCUT2D eigenvalue weighted by molar-refractivity contribution is 7.27. The average molecular weight is 799 g/mol. The van der Waals surface area contributed by atoms with Gasteiger partial charge in [-0.05, 0) is 58.6 Å². The second-order valence-electron chi connectivity index (χ2n) is 15.7. The summed E-state index contributed by atoms with van der Waals surface area (Å²) in [6.45, 7) is 0. The van der Waals surface area contributed by atoms with E-state index in [2.05, 4.69) is 191 Å². The minimum absolute atomic E-state index is 0.704. The second-order valence-corrected chi connectivity index (χ2v) is 17.8. The number of hydrogen-bond acceptors (Lipinski definition) is 4. The van der Waals surface area contributed by atoms with Crippen LogP contribution in [0.2, 0.25) is 0 Å². The summed E-state index contributed by atoms with van der Waals surface area (Å²) >= 11 is 3.67. The molecule has 0 aliphatic heterocycles. The van der Waals surface area contributed by atoms with Gasteiger partial charge in [0.2, 0.25) is 0 Å². The van der Waals surface area contributed by atoms with E-state index in [-0.39, 0.29) is 0 Å². The lowest BCUT2D eigenvalue weighted by atomic mass is 10.00. The average Bonchev–Trinajstić information content (AvgIpc) is 4.07. The zero-order chi connectivity index (χ0) is 39.1. The van der Waals surface area contributed by atoms with Gasteiger partial charge in [-0.15, -0.1) is 22.7 Å². The number of fused-ring (bicyclic) bond motifs is 18. The Balaban J connectivity index is 1.15. The molecular formula is C54H30N4S2. The molecule has 5 heterocycles. The van der Waals surface area contributed by atoms with Crippen molar-refractivity contribution < 1.29 is 0 Å². The minimum Gasteiger partial charge on any atom is -0.309 e. The summed E-state index contributed by atoms with van der Waals surface area (Å²) in [7, 11) is 0. The maximum Gasteiger partial charge on any atom is 0.162 e. The maximum atomic E-state index is 5.73. The van der Waals surface area contributed by atoms with Crippen LogP contribution in [0.15, 0.2) is 182 Å². The number of rotatable bonds is 3. The fraction of sp³-hybridized carbons (Fsp3) is 0. The van der Waals surface area contributed by atoms with Gasteiger partial charge in [0.05, 0.1) is 32.3 Å². The molecule has 0 amide bonds. The van der Waals surface area contributed by atoms with Crippen LogP contribution in [0.25, 0.3) is 129 Å². The van der Waals surface area contributed by atoms with Crippen molar-refractivity contribution in [1.82, 2.24) is 19.1 Å². The molecule has 5 aromatic heterocycles. The largest absolute Gasteiger partial charge is 0.309 e. The van der Waals surface area contributed by atoms with E-state index in [1.807, 2.05) is 11.3 Å². The first-order valence-corrected chi connectivity index (χ1v) is 21.9. The fourth-order valence-corrected chi connectivity index (χ4v) is 12.3. The summed E-state index contributed by atoms with van der Waals surface area (Å²) in [6.07, 6.45) is 0. The lowest BCUT2D eigenvalue weighted by Crippen LogP contribution is -2.02. The van der Waals surface area contributed by atoms with E-state index in [1.165, 1.54) is 79.0 Å². The summed E-state index contributed by atoms with van der Waals surface area (Å²) in [5, 5.41) is 13.6. The Kier molecular flexibility index (Phi) is 6.56. The van der Waals surface area contributed by atoms with Crippen LogP contribution in [-0.4, -0.2) is 19.1 Å². The molecule has 4 nitrogen and oxygen atoms in total. The van der Waals surface area contributed by atoms with Crippen molar-refractivity contribution in [2.24, 2.45) is 0 Å². The standard InChI is InChI=1S/C54H30N4S2/c1-2-15-33(16-3-1)57-42-29-27-31-14-4-5-17-34(31)46(42)38-28-26-32(30-43(38)57)53-55-49-40-22-10-13-25-45(40)60-52(49)54(56-53)58-41-23-11-8-20-37(41)47-35-18-6-7-19-36(35)51-48(50(47)58)39-21-9-12-24-44(39)59-51/h1-30H. The van der Waals surface area contributed by atoms with Gasteiger partial charge in [-0.25, -0.2) is 9.97 Å². The molecule has 0 atom stereocenters. The Labute approximate surface area is 350 Å². The van der Waals surface area contributed by atoms with E-state index in [1.54, 1.807) is 11.3 Å². The van der Waals surface area contributed by atoms with E-state index in [0.29, 0.717) is 5.82 Å². The van der Waals surface area contributed by atoms with Crippen LogP contribution in [0.3, 0.4) is 0 Å². The summed E-state index contributed by atoms with van der Waals surface area (Å²) in [5.74, 6) is 1.61.